The van der Waals surface area contributed by atoms with E-state index < -0.39 is 5.41 Å². The van der Waals surface area contributed by atoms with Crippen molar-refractivity contribution in [2.75, 3.05) is 12.4 Å². The van der Waals surface area contributed by atoms with Crippen LogP contribution >= 0.6 is 0 Å². The highest BCUT2D eigenvalue weighted by Gasteiger charge is 2.59. The van der Waals surface area contributed by atoms with Crippen LogP contribution in [0.5, 0.6) is 0 Å². The Morgan fingerprint density at radius 2 is 2.04 bits per heavy atom. The first-order valence-electron chi connectivity index (χ1n) is 10.7. The summed E-state index contributed by atoms with van der Waals surface area (Å²) in [4.78, 5) is 12.8. The molecule has 4 heteroatoms. The molecule has 3 aliphatic carbocycles. The van der Waals surface area contributed by atoms with Gasteiger partial charge in [-0.25, -0.2) is 4.39 Å². The first kappa shape index (κ1) is 18.2. The zero-order valence-electron chi connectivity index (χ0n) is 17.3. The standard InChI is InChI=1S/C24H30FNO2/c1-13-5-7-18-20-15(9-10-23(18,2)22(27)28-4)21-17(12-24(13,20)3)16-11-14(25)6-8-19(16)26-21/h6,8,11,13,15,17,21,26H,5,7,9-10,12H2,1-4H3/t13-,15-,17-,21-,23+,24+/m1/s1. The normalized spacial score (nSPS) is 40.9. The van der Waals surface area contributed by atoms with Gasteiger partial charge in [-0.05, 0) is 74.1 Å². The molecule has 0 spiro atoms. The lowest BCUT2D eigenvalue weighted by atomic mass is 9.47. The second-order valence-electron chi connectivity index (χ2n) is 9.93. The maximum Gasteiger partial charge on any atom is 0.315 e. The summed E-state index contributed by atoms with van der Waals surface area (Å²) in [5, 5.41) is 3.74. The fourth-order valence-electron chi connectivity index (χ4n) is 7.03. The quantitative estimate of drug-likeness (QED) is 0.519. The van der Waals surface area contributed by atoms with Crippen molar-refractivity contribution in [3.05, 3.63) is 40.7 Å². The monoisotopic (exact) mass is 383 g/mol. The molecule has 0 aromatic heterocycles. The molecule has 0 saturated heterocycles. The highest BCUT2D eigenvalue weighted by atomic mass is 19.1. The highest BCUT2D eigenvalue weighted by molar-refractivity contribution is 5.81. The molecule has 0 unspecified atom stereocenters. The number of carbonyl (C=O) groups excluding carboxylic acids is 1. The maximum atomic E-state index is 14.0. The van der Waals surface area contributed by atoms with Crippen molar-refractivity contribution in [1.82, 2.24) is 0 Å². The van der Waals surface area contributed by atoms with E-state index in [4.69, 9.17) is 4.74 Å². The molecular formula is C24H30FNO2. The van der Waals surface area contributed by atoms with Gasteiger partial charge in [0.1, 0.15) is 5.82 Å². The lowest BCUT2D eigenvalue weighted by molar-refractivity contribution is -0.151. The van der Waals surface area contributed by atoms with Gasteiger partial charge in [0, 0.05) is 23.6 Å². The summed E-state index contributed by atoms with van der Waals surface area (Å²) < 4.78 is 19.3. The number of carbonyl (C=O) groups is 1. The van der Waals surface area contributed by atoms with Crippen molar-refractivity contribution in [2.24, 2.45) is 22.7 Å². The number of benzene rings is 1. The van der Waals surface area contributed by atoms with E-state index in [1.54, 1.807) is 12.1 Å². The van der Waals surface area contributed by atoms with Crippen molar-refractivity contribution in [3.63, 3.8) is 0 Å². The lowest BCUT2D eigenvalue weighted by Gasteiger charge is -2.58. The van der Waals surface area contributed by atoms with Gasteiger partial charge in [-0.2, -0.15) is 0 Å². The predicted octanol–water partition coefficient (Wildman–Crippen LogP) is 5.43. The molecule has 4 aliphatic rings. The van der Waals surface area contributed by atoms with Gasteiger partial charge in [0.05, 0.1) is 12.5 Å². The number of hydrogen-bond acceptors (Lipinski definition) is 3. The van der Waals surface area contributed by atoms with Gasteiger partial charge >= 0.3 is 5.97 Å². The third-order valence-electron chi connectivity index (χ3n) is 8.73. The SMILES string of the molecule is COC(=O)[C@@]1(C)CC[C@@H]2C3=C1CC[C@@H](C)[C@]3(C)C[C@@H]1c3cc(F)ccc3N[C@H]21. The van der Waals surface area contributed by atoms with Crippen LogP contribution in [-0.4, -0.2) is 19.1 Å². The zero-order chi connectivity index (χ0) is 19.8. The molecule has 0 bridgehead atoms. The Kier molecular flexibility index (Phi) is 3.80. The molecule has 150 valence electrons. The fraction of sp³-hybridized carbons (Fsp3) is 0.625. The largest absolute Gasteiger partial charge is 0.468 e. The number of halogens is 1. The van der Waals surface area contributed by atoms with Crippen LogP contribution in [0.1, 0.15) is 64.4 Å². The Hall–Kier alpha value is -1.84. The molecule has 1 heterocycles. The van der Waals surface area contributed by atoms with E-state index in [1.807, 2.05) is 6.07 Å². The third-order valence-corrected chi connectivity index (χ3v) is 8.73. The summed E-state index contributed by atoms with van der Waals surface area (Å²) in [5.41, 5.74) is 4.67. The third kappa shape index (κ3) is 2.18. The van der Waals surface area contributed by atoms with Crippen LogP contribution in [0.15, 0.2) is 29.3 Å². The van der Waals surface area contributed by atoms with Crippen LogP contribution < -0.4 is 5.32 Å². The smallest absolute Gasteiger partial charge is 0.315 e. The maximum absolute atomic E-state index is 14.0. The van der Waals surface area contributed by atoms with E-state index in [0.29, 0.717) is 23.8 Å². The predicted molar refractivity (Wildman–Crippen MR) is 108 cm³/mol. The van der Waals surface area contributed by atoms with Crippen molar-refractivity contribution in [2.45, 2.75) is 64.8 Å². The molecule has 6 atom stereocenters. The Bertz CT molecular complexity index is 893. The van der Waals surface area contributed by atoms with Crippen LogP contribution in [0.2, 0.25) is 0 Å². The minimum Gasteiger partial charge on any atom is -0.468 e. The van der Waals surface area contributed by atoms with Crippen molar-refractivity contribution < 1.29 is 13.9 Å². The second-order valence-corrected chi connectivity index (χ2v) is 9.93. The average molecular weight is 384 g/mol. The van der Waals surface area contributed by atoms with Gasteiger partial charge in [-0.15, -0.1) is 0 Å². The molecule has 1 fully saturated rings. The van der Waals surface area contributed by atoms with Crippen molar-refractivity contribution in [1.29, 1.82) is 0 Å². The molecule has 1 N–H and O–H groups in total. The molecule has 0 amide bonds. The number of fused-ring (bicyclic) bond motifs is 4. The molecule has 1 aliphatic heterocycles. The molecule has 1 aromatic carbocycles. The van der Waals surface area contributed by atoms with Gasteiger partial charge in [-0.1, -0.05) is 25.0 Å². The number of esters is 1. The molecule has 3 nitrogen and oxygen atoms in total. The van der Waals surface area contributed by atoms with E-state index in [1.165, 1.54) is 18.3 Å². The van der Waals surface area contributed by atoms with E-state index in [9.17, 15) is 9.18 Å². The van der Waals surface area contributed by atoms with Crippen LogP contribution in [-0.2, 0) is 9.53 Å². The Labute approximate surface area is 166 Å². The summed E-state index contributed by atoms with van der Waals surface area (Å²) in [5.74, 6) is 1.08. The second kappa shape index (κ2) is 5.84. The molecule has 1 aromatic rings. The molecular weight excluding hydrogens is 353 g/mol. The zero-order valence-corrected chi connectivity index (χ0v) is 17.3. The Morgan fingerprint density at radius 3 is 2.79 bits per heavy atom. The van der Waals surface area contributed by atoms with E-state index in [-0.39, 0.29) is 17.2 Å². The van der Waals surface area contributed by atoms with Crippen LogP contribution in [0.25, 0.3) is 0 Å². The summed E-state index contributed by atoms with van der Waals surface area (Å²) in [7, 11) is 1.51. The van der Waals surface area contributed by atoms with Crippen LogP contribution in [0.4, 0.5) is 10.1 Å². The topological polar surface area (TPSA) is 38.3 Å². The van der Waals surface area contributed by atoms with Crippen molar-refractivity contribution >= 4 is 11.7 Å². The first-order chi connectivity index (χ1) is 13.3. The Morgan fingerprint density at radius 1 is 1.25 bits per heavy atom. The fourth-order valence-corrected chi connectivity index (χ4v) is 7.03. The summed E-state index contributed by atoms with van der Waals surface area (Å²) >= 11 is 0. The number of anilines is 1. The minimum absolute atomic E-state index is 0.0602. The van der Waals surface area contributed by atoms with Crippen LogP contribution in [0, 0.1) is 28.5 Å². The lowest BCUT2D eigenvalue weighted by Crippen LogP contribution is -2.53. The van der Waals surface area contributed by atoms with Gasteiger partial charge < -0.3 is 10.1 Å². The molecule has 28 heavy (non-hydrogen) atoms. The van der Waals surface area contributed by atoms with Gasteiger partial charge in [0.15, 0.2) is 0 Å². The number of hydrogen-bond donors (Lipinski definition) is 1. The van der Waals surface area contributed by atoms with Gasteiger partial charge in [0.25, 0.3) is 0 Å². The van der Waals surface area contributed by atoms with Crippen LogP contribution in [0.3, 0.4) is 0 Å². The van der Waals surface area contributed by atoms with Crippen molar-refractivity contribution in [3.8, 4) is 0 Å². The number of methoxy groups -OCH3 is 1. The minimum atomic E-state index is -0.494. The number of ether oxygens (including phenoxy) is 1. The van der Waals surface area contributed by atoms with E-state index in [2.05, 4.69) is 26.1 Å². The molecule has 0 radical (unpaired) electrons. The number of nitrogens with one attached hydrogen (secondary N) is 1. The summed E-state index contributed by atoms with van der Waals surface area (Å²) in [6, 6.07) is 5.50. The Balaban J connectivity index is 1.67. The first-order valence-corrected chi connectivity index (χ1v) is 10.7. The highest BCUT2D eigenvalue weighted by Crippen LogP contribution is 2.66. The summed E-state index contributed by atoms with van der Waals surface area (Å²) in [6.07, 6.45) is 4.94. The average Bonchev–Trinajstić information content (AvgIpc) is 3.03. The van der Waals surface area contributed by atoms with Gasteiger partial charge in [0.2, 0.25) is 0 Å². The summed E-state index contributed by atoms with van der Waals surface area (Å²) in [6.45, 7) is 6.85. The molecule has 1 saturated carbocycles. The number of rotatable bonds is 1. The van der Waals surface area contributed by atoms with E-state index in [0.717, 1.165) is 43.4 Å². The van der Waals surface area contributed by atoms with E-state index >= 15 is 0 Å². The molecule has 5 rings (SSSR count). The van der Waals surface area contributed by atoms with Gasteiger partial charge in [-0.3, -0.25) is 4.79 Å².